The molecule has 0 saturated carbocycles. The predicted octanol–water partition coefficient (Wildman–Crippen LogP) is 5.25. The summed E-state index contributed by atoms with van der Waals surface area (Å²) in [5, 5.41) is 10.8. The van der Waals surface area contributed by atoms with Crippen molar-refractivity contribution in [1.29, 1.82) is 0 Å². The molecule has 5 nitrogen and oxygen atoms in total. The normalized spacial score (nSPS) is 18.6. The Morgan fingerprint density at radius 2 is 1.62 bits per heavy atom. The molecule has 3 aromatic rings. The maximum absolute atomic E-state index is 13.5. The summed E-state index contributed by atoms with van der Waals surface area (Å²) in [5.74, 6) is 1.85. The molecule has 1 amide bonds. The zero-order valence-electron chi connectivity index (χ0n) is 22.3. The molecule has 1 saturated heterocycles. The van der Waals surface area contributed by atoms with Gasteiger partial charge in [-0.25, -0.2) is 0 Å². The van der Waals surface area contributed by atoms with Gasteiger partial charge >= 0.3 is 0 Å². The van der Waals surface area contributed by atoms with Gasteiger partial charge < -0.3 is 14.7 Å². The highest BCUT2D eigenvalue weighted by atomic mass is 16.5. The first-order valence-electron chi connectivity index (χ1n) is 13.4. The van der Waals surface area contributed by atoms with E-state index in [1.807, 2.05) is 72.5 Å². The Morgan fingerprint density at radius 3 is 2.30 bits per heavy atom. The fourth-order valence-electron chi connectivity index (χ4n) is 5.36. The molecule has 1 aliphatic rings. The summed E-state index contributed by atoms with van der Waals surface area (Å²) in [6.07, 6.45) is -0.590. The first-order valence-corrected chi connectivity index (χ1v) is 13.4. The summed E-state index contributed by atoms with van der Waals surface area (Å²) in [7, 11) is 0. The van der Waals surface area contributed by atoms with E-state index < -0.39 is 6.10 Å². The Hall–Kier alpha value is -3.15. The van der Waals surface area contributed by atoms with Crippen molar-refractivity contribution in [3.8, 4) is 5.75 Å². The third kappa shape index (κ3) is 7.43. The molecule has 196 valence electrons. The minimum absolute atomic E-state index is 0.0891. The number of hydrogen-bond donors (Lipinski definition) is 1. The van der Waals surface area contributed by atoms with Crippen LogP contribution in [0.5, 0.6) is 5.75 Å². The first-order chi connectivity index (χ1) is 17.9. The average Bonchev–Trinajstić information content (AvgIpc) is 3.30. The predicted molar refractivity (Wildman–Crippen MR) is 149 cm³/mol. The maximum Gasteiger partial charge on any atom is 0.253 e. The van der Waals surface area contributed by atoms with Crippen LogP contribution in [0.15, 0.2) is 84.9 Å². The Bertz CT molecular complexity index is 1120. The number of para-hydroxylation sites is 1. The number of carbonyl (C=O) groups excluding carboxylic acids is 1. The molecule has 3 aromatic carbocycles. The number of hydrogen-bond acceptors (Lipinski definition) is 4. The number of aryl methyl sites for hydroxylation is 1. The number of aliphatic hydroxyl groups excluding tert-OH is 1. The van der Waals surface area contributed by atoms with E-state index in [4.69, 9.17) is 4.74 Å². The van der Waals surface area contributed by atoms with Crippen molar-refractivity contribution < 1.29 is 14.6 Å². The molecule has 0 bridgehead atoms. The van der Waals surface area contributed by atoms with Crippen molar-refractivity contribution >= 4 is 5.91 Å². The lowest BCUT2D eigenvalue weighted by Crippen LogP contribution is -2.40. The van der Waals surface area contributed by atoms with Crippen molar-refractivity contribution in [2.75, 3.05) is 39.3 Å². The highest BCUT2D eigenvalue weighted by molar-refractivity contribution is 5.94. The molecule has 4 rings (SSSR count). The van der Waals surface area contributed by atoms with Crippen LogP contribution in [0.1, 0.15) is 41.3 Å². The molecule has 0 radical (unpaired) electrons. The Morgan fingerprint density at radius 1 is 0.973 bits per heavy atom. The third-order valence-corrected chi connectivity index (χ3v) is 7.09. The Balaban J connectivity index is 1.46. The number of rotatable bonds is 11. The molecular formula is C32H40N2O3. The second-order valence-electron chi connectivity index (χ2n) is 10.7. The number of aliphatic hydroxyl groups is 1. The van der Waals surface area contributed by atoms with E-state index >= 15 is 0 Å². The highest BCUT2D eigenvalue weighted by Crippen LogP contribution is 2.34. The first kappa shape index (κ1) is 26.9. The highest BCUT2D eigenvalue weighted by Gasteiger charge is 2.36. The summed E-state index contributed by atoms with van der Waals surface area (Å²) in [5.41, 5.74) is 3.09. The number of carbonyl (C=O) groups is 1. The molecule has 1 aliphatic heterocycles. The van der Waals surface area contributed by atoms with Crippen molar-refractivity contribution in [2.45, 2.75) is 32.8 Å². The minimum atomic E-state index is -0.590. The number of amides is 1. The molecule has 1 heterocycles. The Labute approximate surface area is 221 Å². The lowest BCUT2D eigenvalue weighted by atomic mass is 9.88. The van der Waals surface area contributed by atoms with Crippen molar-refractivity contribution in [3.05, 3.63) is 102 Å². The molecular weight excluding hydrogens is 460 g/mol. The second-order valence-corrected chi connectivity index (χ2v) is 10.7. The maximum atomic E-state index is 13.5. The van der Waals surface area contributed by atoms with E-state index in [1.165, 1.54) is 5.56 Å². The SMILES string of the molecule is Cc1ccccc1OCC(O)CN1CC(CN(CC(C)C)C(=O)c2ccccc2)C(c2ccccc2)C1. The van der Waals surface area contributed by atoms with Crippen LogP contribution < -0.4 is 4.74 Å². The molecule has 0 aliphatic carbocycles. The van der Waals surface area contributed by atoms with E-state index in [0.29, 0.717) is 24.9 Å². The van der Waals surface area contributed by atoms with Gasteiger partial charge in [0.2, 0.25) is 0 Å². The second kappa shape index (κ2) is 12.9. The lowest BCUT2D eigenvalue weighted by molar-refractivity contribution is 0.0672. The largest absolute Gasteiger partial charge is 0.491 e. The van der Waals surface area contributed by atoms with Crippen LogP contribution >= 0.6 is 0 Å². The van der Waals surface area contributed by atoms with Gasteiger partial charge in [-0.1, -0.05) is 80.6 Å². The van der Waals surface area contributed by atoms with Gasteiger partial charge in [-0.2, -0.15) is 0 Å². The zero-order chi connectivity index (χ0) is 26.2. The van der Waals surface area contributed by atoms with Gasteiger partial charge in [-0.3, -0.25) is 9.69 Å². The van der Waals surface area contributed by atoms with Crippen LogP contribution in [0.3, 0.4) is 0 Å². The number of benzene rings is 3. The van der Waals surface area contributed by atoms with E-state index in [0.717, 1.165) is 36.5 Å². The molecule has 3 atom stereocenters. The molecule has 5 heteroatoms. The molecule has 0 aromatic heterocycles. The van der Waals surface area contributed by atoms with Gasteiger partial charge in [0.05, 0.1) is 0 Å². The topological polar surface area (TPSA) is 53.0 Å². The van der Waals surface area contributed by atoms with Gasteiger partial charge in [0.25, 0.3) is 5.91 Å². The monoisotopic (exact) mass is 500 g/mol. The van der Waals surface area contributed by atoms with Crippen molar-refractivity contribution in [3.63, 3.8) is 0 Å². The quantitative estimate of drug-likeness (QED) is 0.391. The molecule has 37 heavy (non-hydrogen) atoms. The van der Waals surface area contributed by atoms with E-state index in [1.54, 1.807) is 0 Å². The van der Waals surface area contributed by atoms with Gasteiger partial charge in [0.1, 0.15) is 18.5 Å². The van der Waals surface area contributed by atoms with Gasteiger partial charge in [0, 0.05) is 44.2 Å². The average molecular weight is 501 g/mol. The van der Waals surface area contributed by atoms with E-state index in [-0.39, 0.29) is 18.4 Å². The number of nitrogens with zero attached hydrogens (tertiary/aromatic N) is 2. The van der Waals surface area contributed by atoms with Crippen LogP contribution in [0.4, 0.5) is 0 Å². The smallest absolute Gasteiger partial charge is 0.253 e. The lowest BCUT2D eigenvalue weighted by Gasteiger charge is -2.30. The summed E-state index contributed by atoms with van der Waals surface area (Å²) in [6, 6.07) is 28.0. The molecule has 3 unspecified atom stereocenters. The summed E-state index contributed by atoms with van der Waals surface area (Å²) in [6.45, 7) is 10.2. The summed E-state index contributed by atoms with van der Waals surface area (Å²) >= 11 is 0. The minimum Gasteiger partial charge on any atom is -0.491 e. The Kier molecular flexibility index (Phi) is 9.37. The van der Waals surface area contributed by atoms with Gasteiger partial charge in [0.15, 0.2) is 0 Å². The number of likely N-dealkylation sites (tertiary alicyclic amines) is 1. The van der Waals surface area contributed by atoms with Crippen LogP contribution in [-0.2, 0) is 0 Å². The van der Waals surface area contributed by atoms with Crippen LogP contribution in [0.25, 0.3) is 0 Å². The zero-order valence-corrected chi connectivity index (χ0v) is 22.3. The fourth-order valence-corrected chi connectivity index (χ4v) is 5.36. The van der Waals surface area contributed by atoms with Crippen LogP contribution in [0, 0.1) is 18.8 Å². The number of β-amino-alcohol motifs (C(OH)–C–C–N with tert-alkyl or cyclic N) is 1. The van der Waals surface area contributed by atoms with Gasteiger partial charge in [-0.15, -0.1) is 0 Å². The molecule has 1 N–H and O–H groups in total. The van der Waals surface area contributed by atoms with E-state index in [9.17, 15) is 9.90 Å². The van der Waals surface area contributed by atoms with Crippen molar-refractivity contribution in [1.82, 2.24) is 9.80 Å². The molecule has 1 fully saturated rings. The fraction of sp³-hybridized carbons (Fsp3) is 0.406. The standard InChI is InChI=1S/C32H40N2O3/c1-24(2)18-34(32(36)27-15-8-5-9-16-27)20-28-19-33(22-30(28)26-13-6-4-7-14-26)21-29(35)23-37-31-17-11-10-12-25(31)3/h4-17,24,28-30,35H,18-23H2,1-3H3. The van der Waals surface area contributed by atoms with Crippen molar-refractivity contribution in [2.24, 2.45) is 11.8 Å². The molecule has 0 spiro atoms. The van der Waals surface area contributed by atoms with Crippen LogP contribution in [0.2, 0.25) is 0 Å². The summed E-state index contributed by atoms with van der Waals surface area (Å²) in [4.78, 5) is 17.8. The number of ether oxygens (including phenoxy) is 1. The van der Waals surface area contributed by atoms with Crippen LogP contribution in [-0.4, -0.2) is 66.2 Å². The third-order valence-electron chi connectivity index (χ3n) is 7.09. The van der Waals surface area contributed by atoms with Gasteiger partial charge in [-0.05, 0) is 48.1 Å². The summed E-state index contributed by atoms with van der Waals surface area (Å²) < 4.78 is 5.91. The van der Waals surface area contributed by atoms with E-state index in [2.05, 4.69) is 43.0 Å².